The van der Waals surface area contributed by atoms with E-state index in [9.17, 15) is 0 Å². The number of benzene rings is 1. The fourth-order valence-corrected chi connectivity index (χ4v) is 4.22. The van der Waals surface area contributed by atoms with E-state index in [1.807, 2.05) is 0 Å². The summed E-state index contributed by atoms with van der Waals surface area (Å²) < 4.78 is 0. The SMILES string of the molecule is ClCC1CCCC1NCC1CCCc2ccccc21. The summed E-state index contributed by atoms with van der Waals surface area (Å²) in [6.45, 7) is 1.13. The number of fused-ring (bicyclic) bond motifs is 1. The number of hydrogen-bond donors (Lipinski definition) is 1. The molecule has 0 saturated heterocycles. The van der Waals surface area contributed by atoms with Gasteiger partial charge in [-0.1, -0.05) is 30.7 Å². The van der Waals surface area contributed by atoms with Crippen molar-refractivity contribution in [3.05, 3.63) is 35.4 Å². The average molecular weight is 278 g/mol. The second kappa shape index (κ2) is 6.28. The van der Waals surface area contributed by atoms with Crippen LogP contribution in [-0.4, -0.2) is 18.5 Å². The third kappa shape index (κ3) is 2.98. The van der Waals surface area contributed by atoms with E-state index in [0.29, 0.717) is 17.9 Å². The van der Waals surface area contributed by atoms with Crippen molar-refractivity contribution in [1.29, 1.82) is 0 Å². The molecule has 2 aliphatic carbocycles. The average Bonchev–Trinajstić information content (AvgIpc) is 2.92. The minimum absolute atomic E-state index is 0.659. The lowest BCUT2D eigenvalue weighted by Crippen LogP contribution is -2.36. The molecule has 2 aliphatic rings. The van der Waals surface area contributed by atoms with Crippen molar-refractivity contribution in [2.75, 3.05) is 12.4 Å². The third-order valence-corrected chi connectivity index (χ3v) is 5.37. The quantitative estimate of drug-likeness (QED) is 0.817. The predicted octanol–water partition coefficient (Wildman–Crippen LogP) is 4.10. The van der Waals surface area contributed by atoms with Crippen molar-refractivity contribution in [2.45, 2.75) is 50.5 Å². The van der Waals surface area contributed by atoms with Crippen LogP contribution in [0.3, 0.4) is 0 Å². The molecule has 0 heterocycles. The molecule has 104 valence electrons. The van der Waals surface area contributed by atoms with Gasteiger partial charge in [-0.3, -0.25) is 0 Å². The smallest absolute Gasteiger partial charge is 0.0266 e. The summed E-state index contributed by atoms with van der Waals surface area (Å²) in [4.78, 5) is 0. The van der Waals surface area contributed by atoms with E-state index in [-0.39, 0.29) is 0 Å². The van der Waals surface area contributed by atoms with Crippen molar-refractivity contribution in [1.82, 2.24) is 5.32 Å². The van der Waals surface area contributed by atoms with Crippen LogP contribution in [0.1, 0.15) is 49.1 Å². The summed E-state index contributed by atoms with van der Waals surface area (Å²) in [7, 11) is 0. The van der Waals surface area contributed by atoms with Crippen LogP contribution in [0.5, 0.6) is 0 Å². The summed E-state index contributed by atoms with van der Waals surface area (Å²) in [6, 6.07) is 9.66. The molecular formula is C17H24ClN. The zero-order valence-electron chi connectivity index (χ0n) is 11.6. The monoisotopic (exact) mass is 277 g/mol. The lowest BCUT2D eigenvalue weighted by Gasteiger charge is -2.28. The second-order valence-corrected chi connectivity index (χ2v) is 6.46. The molecule has 0 amide bonds. The maximum atomic E-state index is 6.07. The Kier molecular flexibility index (Phi) is 4.45. The van der Waals surface area contributed by atoms with Crippen LogP contribution < -0.4 is 5.32 Å². The predicted molar refractivity (Wildman–Crippen MR) is 82.0 cm³/mol. The van der Waals surface area contributed by atoms with Gasteiger partial charge in [0.25, 0.3) is 0 Å². The first kappa shape index (κ1) is 13.5. The number of aryl methyl sites for hydroxylation is 1. The van der Waals surface area contributed by atoms with Crippen LogP contribution in [0.25, 0.3) is 0 Å². The molecule has 1 nitrogen and oxygen atoms in total. The second-order valence-electron chi connectivity index (χ2n) is 6.15. The molecule has 0 aromatic heterocycles. The first-order valence-corrected chi connectivity index (χ1v) is 8.29. The summed E-state index contributed by atoms with van der Waals surface area (Å²) in [6.07, 6.45) is 7.90. The van der Waals surface area contributed by atoms with Gasteiger partial charge in [0.1, 0.15) is 0 Å². The minimum atomic E-state index is 0.659. The fourth-order valence-electron chi connectivity index (χ4n) is 3.85. The lowest BCUT2D eigenvalue weighted by atomic mass is 9.82. The van der Waals surface area contributed by atoms with Gasteiger partial charge in [0.05, 0.1) is 0 Å². The molecule has 3 atom stereocenters. The van der Waals surface area contributed by atoms with Crippen molar-refractivity contribution in [3.63, 3.8) is 0 Å². The van der Waals surface area contributed by atoms with E-state index in [1.54, 1.807) is 11.1 Å². The lowest BCUT2D eigenvalue weighted by molar-refractivity contribution is 0.400. The number of nitrogens with one attached hydrogen (secondary N) is 1. The number of halogens is 1. The minimum Gasteiger partial charge on any atom is -0.313 e. The van der Waals surface area contributed by atoms with Crippen molar-refractivity contribution < 1.29 is 0 Å². The van der Waals surface area contributed by atoms with Gasteiger partial charge >= 0.3 is 0 Å². The molecule has 2 heteroatoms. The van der Waals surface area contributed by atoms with E-state index < -0.39 is 0 Å². The van der Waals surface area contributed by atoms with Gasteiger partial charge in [-0.25, -0.2) is 0 Å². The third-order valence-electron chi connectivity index (χ3n) is 4.98. The fraction of sp³-hybridized carbons (Fsp3) is 0.647. The first-order valence-electron chi connectivity index (χ1n) is 7.75. The molecule has 3 unspecified atom stereocenters. The molecule has 3 rings (SSSR count). The Balaban J connectivity index is 1.62. The molecular weight excluding hydrogens is 254 g/mol. The Hall–Kier alpha value is -0.530. The Morgan fingerprint density at radius 3 is 2.89 bits per heavy atom. The molecule has 1 fully saturated rings. The topological polar surface area (TPSA) is 12.0 Å². The van der Waals surface area contributed by atoms with Gasteiger partial charge in [-0.2, -0.15) is 0 Å². The summed E-state index contributed by atoms with van der Waals surface area (Å²) in [5.74, 6) is 2.22. The number of hydrogen-bond acceptors (Lipinski definition) is 1. The van der Waals surface area contributed by atoms with Crippen molar-refractivity contribution >= 4 is 11.6 Å². The normalized spacial score (nSPS) is 30.3. The van der Waals surface area contributed by atoms with Crippen molar-refractivity contribution in [3.8, 4) is 0 Å². The van der Waals surface area contributed by atoms with Crippen LogP contribution in [0, 0.1) is 5.92 Å². The summed E-state index contributed by atoms with van der Waals surface area (Å²) >= 11 is 6.07. The highest BCUT2D eigenvalue weighted by Crippen LogP contribution is 2.32. The number of alkyl halides is 1. The van der Waals surface area contributed by atoms with E-state index in [2.05, 4.69) is 29.6 Å². The highest BCUT2D eigenvalue weighted by molar-refractivity contribution is 6.18. The Morgan fingerprint density at radius 1 is 1.11 bits per heavy atom. The van der Waals surface area contributed by atoms with Crippen molar-refractivity contribution in [2.24, 2.45) is 5.92 Å². The van der Waals surface area contributed by atoms with Crippen LogP contribution in [0.15, 0.2) is 24.3 Å². The van der Waals surface area contributed by atoms with Crippen LogP contribution >= 0.6 is 11.6 Å². The van der Waals surface area contributed by atoms with E-state index in [0.717, 1.165) is 12.4 Å². The van der Waals surface area contributed by atoms with Gasteiger partial charge in [0, 0.05) is 18.5 Å². The summed E-state index contributed by atoms with van der Waals surface area (Å²) in [5, 5.41) is 3.81. The molecule has 19 heavy (non-hydrogen) atoms. The molecule has 0 bridgehead atoms. The Bertz CT molecular complexity index is 417. The zero-order chi connectivity index (χ0) is 13.1. The highest BCUT2D eigenvalue weighted by atomic mass is 35.5. The molecule has 1 saturated carbocycles. The molecule has 1 aromatic rings. The Labute approximate surface area is 121 Å². The first-order chi connectivity index (χ1) is 9.38. The molecule has 0 spiro atoms. The maximum absolute atomic E-state index is 6.07. The van der Waals surface area contributed by atoms with Crippen LogP contribution in [-0.2, 0) is 6.42 Å². The Morgan fingerprint density at radius 2 is 2.00 bits per heavy atom. The summed E-state index contributed by atoms with van der Waals surface area (Å²) in [5.41, 5.74) is 3.16. The molecule has 1 aromatic carbocycles. The largest absolute Gasteiger partial charge is 0.313 e. The maximum Gasteiger partial charge on any atom is 0.0266 e. The molecule has 1 N–H and O–H groups in total. The van der Waals surface area contributed by atoms with E-state index >= 15 is 0 Å². The highest BCUT2D eigenvalue weighted by Gasteiger charge is 2.27. The van der Waals surface area contributed by atoms with Gasteiger partial charge in [0.15, 0.2) is 0 Å². The molecule has 0 radical (unpaired) electrons. The zero-order valence-corrected chi connectivity index (χ0v) is 12.3. The van der Waals surface area contributed by atoms with Gasteiger partial charge < -0.3 is 5.32 Å². The van der Waals surface area contributed by atoms with Gasteiger partial charge in [0.2, 0.25) is 0 Å². The van der Waals surface area contributed by atoms with Crippen LogP contribution in [0.2, 0.25) is 0 Å². The standard InChI is InChI=1S/C17H24ClN/c18-11-14-7-4-10-17(14)19-12-15-8-3-6-13-5-1-2-9-16(13)15/h1-2,5,9,14-15,17,19H,3-4,6-8,10-12H2. The molecule has 0 aliphatic heterocycles. The van der Waals surface area contributed by atoms with Gasteiger partial charge in [-0.05, 0) is 55.1 Å². The van der Waals surface area contributed by atoms with Crippen LogP contribution in [0.4, 0.5) is 0 Å². The number of rotatable bonds is 4. The van der Waals surface area contributed by atoms with Gasteiger partial charge in [-0.15, -0.1) is 11.6 Å². The van der Waals surface area contributed by atoms with E-state index in [1.165, 1.54) is 38.5 Å². The van der Waals surface area contributed by atoms with E-state index in [4.69, 9.17) is 11.6 Å².